The average Bonchev–Trinajstić information content (AvgIpc) is 2.80. The zero-order valence-electron chi connectivity index (χ0n) is 18.1. The number of benzene rings is 2. The molecule has 1 unspecified atom stereocenters. The van der Waals surface area contributed by atoms with Crippen molar-refractivity contribution in [2.45, 2.75) is 17.8 Å². The highest BCUT2D eigenvalue weighted by Crippen LogP contribution is 2.24. The number of carbonyl (C=O) groups excluding carboxylic acids is 1. The molecule has 0 radical (unpaired) electrons. The highest BCUT2D eigenvalue weighted by atomic mass is 32.2. The van der Waals surface area contributed by atoms with Crippen LogP contribution in [0.15, 0.2) is 77.1 Å². The molecule has 2 aromatic carbocycles. The summed E-state index contributed by atoms with van der Waals surface area (Å²) >= 11 is 0.836. The monoisotopic (exact) mass is 383 g/mol. The van der Waals surface area contributed by atoms with Crippen molar-refractivity contribution in [2.75, 3.05) is 6.23 Å². The molecule has 1 heterocycles. The molecule has 27 heavy (non-hydrogen) atoms. The first-order chi connectivity index (χ1) is 14.9. The number of ether oxygens (including phenoxy) is 1. The summed E-state index contributed by atoms with van der Waals surface area (Å²) in [6.07, 6.45) is -0.737. The standard InChI is InChI=1S/C20H17N3O3S/c1-27-20-21-11-10-17(22-20)18(23-25)19(24)15-8-5-9-16(12-15)26-13-14-6-3-2-4-7-14/h2-12,18H,13H2,1H3/i1D,10D,11D,18D. The first-order valence-corrected chi connectivity index (χ1v) is 8.81. The van der Waals surface area contributed by atoms with E-state index in [0.717, 1.165) is 17.3 Å². The Hall–Kier alpha value is -3.06. The molecule has 0 aliphatic rings. The lowest BCUT2D eigenvalue weighted by Gasteiger charge is -2.11. The quantitative estimate of drug-likeness (QED) is 0.247. The van der Waals surface area contributed by atoms with Gasteiger partial charge in [0.15, 0.2) is 17.0 Å². The number of Topliss-reactive ketones (excluding diaryl/α,β-unsaturated/α-hetero) is 1. The Bertz CT molecular complexity index is 1100. The van der Waals surface area contributed by atoms with Gasteiger partial charge < -0.3 is 4.74 Å². The summed E-state index contributed by atoms with van der Waals surface area (Å²) in [4.78, 5) is 32.3. The van der Waals surface area contributed by atoms with Gasteiger partial charge in [-0.15, -0.1) is 4.91 Å². The number of nitroso groups, excluding NO2 is 1. The van der Waals surface area contributed by atoms with Crippen molar-refractivity contribution in [1.82, 2.24) is 9.97 Å². The molecule has 0 aliphatic carbocycles. The van der Waals surface area contributed by atoms with E-state index in [0.29, 0.717) is 5.75 Å². The van der Waals surface area contributed by atoms with Gasteiger partial charge in [-0.25, -0.2) is 9.97 Å². The molecular formula is C20H17N3O3S. The smallest absolute Gasteiger partial charge is 0.197 e. The summed E-state index contributed by atoms with van der Waals surface area (Å²) in [7, 11) is 0. The van der Waals surface area contributed by atoms with E-state index in [1.165, 1.54) is 18.2 Å². The molecule has 0 aliphatic heterocycles. The zero-order valence-corrected chi connectivity index (χ0v) is 14.9. The number of ketones is 1. The Morgan fingerprint density at radius 3 is 2.96 bits per heavy atom. The molecule has 6 nitrogen and oxygen atoms in total. The summed E-state index contributed by atoms with van der Waals surface area (Å²) in [6.45, 7) is 0.259. The molecule has 0 bridgehead atoms. The number of hydrogen-bond acceptors (Lipinski definition) is 7. The number of nitrogens with zero attached hydrogens (tertiary/aromatic N) is 3. The lowest BCUT2D eigenvalue weighted by Crippen LogP contribution is -2.13. The molecular weight excluding hydrogens is 362 g/mol. The Kier molecular flexibility index (Phi) is 4.71. The molecule has 0 N–H and O–H groups in total. The molecule has 0 spiro atoms. The first-order valence-electron chi connectivity index (χ1n) is 10.0. The maximum absolute atomic E-state index is 13.1. The highest BCUT2D eigenvalue weighted by Gasteiger charge is 2.25. The molecule has 0 saturated heterocycles. The number of carbonyl (C=O) groups is 1. The van der Waals surface area contributed by atoms with Gasteiger partial charge in [0.25, 0.3) is 0 Å². The summed E-state index contributed by atoms with van der Waals surface area (Å²) in [5.41, 5.74) is 0.296. The van der Waals surface area contributed by atoms with Gasteiger partial charge in [0.1, 0.15) is 12.4 Å². The van der Waals surface area contributed by atoms with Crippen LogP contribution in [-0.4, -0.2) is 22.0 Å². The van der Waals surface area contributed by atoms with E-state index >= 15 is 0 Å². The van der Waals surface area contributed by atoms with Crippen LogP contribution in [-0.2, 0) is 6.61 Å². The van der Waals surface area contributed by atoms with Crippen LogP contribution in [0, 0.1) is 4.91 Å². The first kappa shape index (κ1) is 14.1. The maximum atomic E-state index is 13.1. The molecule has 1 atom stereocenters. The van der Waals surface area contributed by atoms with Crippen molar-refractivity contribution in [3.05, 3.63) is 88.5 Å². The Morgan fingerprint density at radius 2 is 2.19 bits per heavy atom. The summed E-state index contributed by atoms with van der Waals surface area (Å²) in [5.74, 6) is -0.663. The third-order valence-corrected chi connectivity index (χ3v) is 3.98. The fourth-order valence-electron chi connectivity index (χ4n) is 2.25. The normalized spacial score (nSPS) is 14.8. The van der Waals surface area contributed by atoms with Gasteiger partial charge in [-0.05, 0) is 30.0 Å². The second-order valence-electron chi connectivity index (χ2n) is 5.31. The lowest BCUT2D eigenvalue weighted by molar-refractivity contribution is 0.0959. The SMILES string of the molecule is [2H]CSc1nc([2H])c([2H])c(C([2H])(N=O)C(=O)c2cccc(OCc3ccccc3)c2)n1. The second-order valence-corrected chi connectivity index (χ2v) is 5.96. The average molecular weight is 383 g/mol. The molecule has 7 heteroatoms. The number of thioether (sulfide) groups is 1. The number of rotatable bonds is 8. The minimum atomic E-state index is -2.79. The van der Waals surface area contributed by atoms with Crippen LogP contribution in [0.3, 0.4) is 0 Å². The van der Waals surface area contributed by atoms with Crippen LogP contribution in [0.2, 0.25) is 0 Å². The van der Waals surface area contributed by atoms with Gasteiger partial charge in [-0.3, -0.25) is 4.79 Å². The van der Waals surface area contributed by atoms with Crippen molar-refractivity contribution in [3.63, 3.8) is 0 Å². The fraction of sp³-hybridized carbons (Fsp3) is 0.150. The van der Waals surface area contributed by atoms with Crippen molar-refractivity contribution in [1.29, 1.82) is 0 Å². The van der Waals surface area contributed by atoms with Crippen molar-refractivity contribution in [2.24, 2.45) is 5.18 Å². The van der Waals surface area contributed by atoms with E-state index in [9.17, 15) is 9.70 Å². The summed E-state index contributed by atoms with van der Waals surface area (Å²) in [5, 5.41) is 2.59. The summed E-state index contributed by atoms with van der Waals surface area (Å²) < 4.78 is 37.1. The van der Waals surface area contributed by atoms with Crippen molar-refractivity contribution in [3.8, 4) is 5.75 Å². The van der Waals surface area contributed by atoms with E-state index in [1.807, 2.05) is 30.3 Å². The lowest BCUT2D eigenvalue weighted by atomic mass is 10.0. The van der Waals surface area contributed by atoms with Crippen LogP contribution >= 0.6 is 11.8 Å². The predicted octanol–water partition coefficient (Wildman–Crippen LogP) is 4.47. The Labute approximate surface area is 166 Å². The van der Waals surface area contributed by atoms with Gasteiger partial charge in [0.05, 0.1) is 9.81 Å². The highest BCUT2D eigenvalue weighted by molar-refractivity contribution is 7.98. The van der Waals surface area contributed by atoms with Crippen molar-refractivity contribution < 1.29 is 15.0 Å². The molecule has 136 valence electrons. The molecule has 1 aromatic heterocycles. The second kappa shape index (κ2) is 9.05. The Balaban J connectivity index is 1.92. The van der Waals surface area contributed by atoms with Crippen LogP contribution in [0.4, 0.5) is 0 Å². The van der Waals surface area contributed by atoms with Crippen LogP contribution in [0.1, 0.15) is 33.1 Å². The van der Waals surface area contributed by atoms with Gasteiger partial charge >= 0.3 is 0 Å². The van der Waals surface area contributed by atoms with Gasteiger partial charge in [-0.2, -0.15) is 0 Å². The van der Waals surface area contributed by atoms with E-state index in [2.05, 4.69) is 15.1 Å². The molecule has 0 amide bonds. The fourth-order valence-corrected chi connectivity index (χ4v) is 2.52. The minimum Gasteiger partial charge on any atom is -0.489 e. The van der Waals surface area contributed by atoms with Crippen LogP contribution in [0.5, 0.6) is 5.75 Å². The third-order valence-electron chi connectivity index (χ3n) is 3.54. The van der Waals surface area contributed by atoms with Crippen molar-refractivity contribution >= 4 is 17.5 Å². The van der Waals surface area contributed by atoms with Gasteiger partial charge in [0, 0.05) is 13.1 Å². The molecule has 0 fully saturated rings. The summed E-state index contributed by atoms with van der Waals surface area (Å²) in [6, 6.07) is 11.9. The van der Waals surface area contributed by atoms with Gasteiger partial charge in [-0.1, -0.05) is 59.4 Å². The third kappa shape index (κ3) is 4.77. The molecule has 3 aromatic rings. The predicted molar refractivity (Wildman–Crippen MR) is 104 cm³/mol. The van der Waals surface area contributed by atoms with E-state index in [-0.39, 0.29) is 23.6 Å². The molecule has 0 saturated carbocycles. The topological polar surface area (TPSA) is 81.5 Å². The zero-order chi connectivity index (χ0) is 22.4. The van der Waals surface area contributed by atoms with E-state index in [1.54, 1.807) is 6.07 Å². The maximum Gasteiger partial charge on any atom is 0.197 e. The number of hydrogen-bond donors (Lipinski definition) is 0. The van der Waals surface area contributed by atoms with Gasteiger partial charge in [0.2, 0.25) is 0 Å². The van der Waals surface area contributed by atoms with E-state index < -0.39 is 29.7 Å². The van der Waals surface area contributed by atoms with Crippen LogP contribution < -0.4 is 4.74 Å². The Morgan fingerprint density at radius 1 is 1.33 bits per heavy atom. The largest absolute Gasteiger partial charge is 0.489 e. The van der Waals surface area contributed by atoms with Crippen LogP contribution in [0.25, 0.3) is 0 Å². The van der Waals surface area contributed by atoms with E-state index in [4.69, 9.17) is 10.2 Å². The minimum absolute atomic E-state index is 0.0283. The molecule has 3 rings (SSSR count). The number of aromatic nitrogens is 2.